The summed E-state index contributed by atoms with van der Waals surface area (Å²) >= 11 is 2.88. The zero-order valence-corrected chi connectivity index (χ0v) is 23.8. The Morgan fingerprint density at radius 1 is 1.10 bits per heavy atom. The lowest BCUT2D eigenvalue weighted by atomic mass is 10.0. The van der Waals surface area contributed by atoms with Gasteiger partial charge in [0.25, 0.3) is 0 Å². The van der Waals surface area contributed by atoms with E-state index in [4.69, 9.17) is 4.74 Å². The van der Waals surface area contributed by atoms with Gasteiger partial charge in [0.1, 0.15) is 5.00 Å². The molecule has 2 aliphatic rings. The molecule has 3 aromatic rings. The van der Waals surface area contributed by atoms with Crippen molar-refractivity contribution >= 4 is 51.6 Å². The summed E-state index contributed by atoms with van der Waals surface area (Å²) in [6.45, 7) is 6.30. The van der Waals surface area contributed by atoms with E-state index < -0.39 is 5.25 Å². The lowest BCUT2D eigenvalue weighted by molar-refractivity contribution is -0.117. The Kier molecular flexibility index (Phi) is 8.69. The summed E-state index contributed by atoms with van der Waals surface area (Å²) in [6.07, 6.45) is 2.62. The van der Waals surface area contributed by atoms with Crippen LogP contribution in [-0.2, 0) is 33.8 Å². The van der Waals surface area contributed by atoms with Gasteiger partial charge in [-0.05, 0) is 62.4 Å². The molecule has 39 heavy (non-hydrogen) atoms. The number of esters is 1. The van der Waals surface area contributed by atoms with Crippen LogP contribution in [0.2, 0.25) is 0 Å². The Morgan fingerprint density at radius 2 is 1.90 bits per heavy atom. The maximum Gasteiger partial charge on any atom is 0.341 e. The molecule has 2 aromatic carbocycles. The molecule has 204 valence electrons. The van der Waals surface area contributed by atoms with Crippen LogP contribution in [0.5, 0.6) is 0 Å². The zero-order chi connectivity index (χ0) is 27.4. The average Bonchev–Trinajstić information content (AvgIpc) is 3.71. The molecule has 1 saturated carbocycles. The van der Waals surface area contributed by atoms with Crippen LogP contribution in [0, 0.1) is 5.92 Å². The third-order valence-electron chi connectivity index (χ3n) is 6.83. The summed E-state index contributed by atoms with van der Waals surface area (Å²) in [5.74, 6) is -0.390. The van der Waals surface area contributed by atoms with E-state index in [0.717, 1.165) is 59.9 Å². The third kappa shape index (κ3) is 6.90. The summed E-state index contributed by atoms with van der Waals surface area (Å²) in [5.41, 5.74) is 3.46. The summed E-state index contributed by atoms with van der Waals surface area (Å²) in [6, 6.07) is 17.9. The molecular weight excluding hydrogens is 530 g/mol. The zero-order valence-electron chi connectivity index (χ0n) is 22.2. The number of thioether (sulfide) groups is 1. The number of ether oxygens (including phenoxy) is 1. The largest absolute Gasteiger partial charge is 0.462 e. The van der Waals surface area contributed by atoms with Gasteiger partial charge in [0.2, 0.25) is 11.8 Å². The number of rotatable bonds is 10. The molecule has 9 heteroatoms. The minimum atomic E-state index is -0.414. The first-order chi connectivity index (χ1) is 18.9. The minimum absolute atomic E-state index is 0.0541. The van der Waals surface area contributed by atoms with E-state index in [2.05, 4.69) is 27.7 Å². The molecule has 2 heterocycles. The number of nitrogens with one attached hydrogen (secondary N) is 2. The van der Waals surface area contributed by atoms with E-state index in [1.54, 1.807) is 6.92 Å². The molecule has 1 unspecified atom stereocenters. The Hall–Kier alpha value is -3.14. The van der Waals surface area contributed by atoms with E-state index in [0.29, 0.717) is 10.6 Å². The highest BCUT2D eigenvalue weighted by atomic mass is 32.2. The average molecular weight is 564 g/mol. The van der Waals surface area contributed by atoms with E-state index in [9.17, 15) is 14.4 Å². The minimum Gasteiger partial charge on any atom is -0.462 e. The third-order valence-corrected chi connectivity index (χ3v) is 9.06. The molecule has 1 atom stereocenters. The number of amides is 2. The number of benzene rings is 2. The smallest absolute Gasteiger partial charge is 0.341 e. The van der Waals surface area contributed by atoms with Crippen LogP contribution in [0.25, 0.3) is 0 Å². The standard InChI is InChI=1S/C30H33N3O4S2/c1-3-37-30(36)26-24-14-15-33(17-20-8-5-4-6-9-20)18-25(24)39-29(26)32-27(34)19(2)38-23-11-7-10-22(16-23)31-28(35)21-12-13-21/h4-11,16,19,21H,3,12-15,17-18H2,1-2H3,(H,31,35)(H,32,34). The number of hydrogen-bond acceptors (Lipinski definition) is 7. The van der Waals surface area contributed by atoms with Gasteiger partial charge < -0.3 is 15.4 Å². The van der Waals surface area contributed by atoms with Crippen molar-refractivity contribution in [1.82, 2.24) is 4.90 Å². The van der Waals surface area contributed by atoms with Crippen molar-refractivity contribution < 1.29 is 19.1 Å². The topological polar surface area (TPSA) is 87.7 Å². The Bertz CT molecular complexity index is 1350. The predicted molar refractivity (Wildman–Crippen MR) is 156 cm³/mol. The number of nitrogens with zero attached hydrogens (tertiary/aromatic N) is 1. The summed E-state index contributed by atoms with van der Waals surface area (Å²) < 4.78 is 5.38. The SMILES string of the molecule is CCOC(=O)c1c(NC(=O)C(C)Sc2cccc(NC(=O)C3CC3)c2)sc2c1CCN(Cc1ccccc1)C2. The summed E-state index contributed by atoms with van der Waals surface area (Å²) in [7, 11) is 0. The van der Waals surface area contributed by atoms with Crippen LogP contribution in [0.4, 0.5) is 10.7 Å². The lowest BCUT2D eigenvalue weighted by Gasteiger charge is -2.27. The Morgan fingerprint density at radius 3 is 2.64 bits per heavy atom. The first-order valence-corrected chi connectivity index (χ1v) is 15.1. The summed E-state index contributed by atoms with van der Waals surface area (Å²) in [5, 5.41) is 6.13. The van der Waals surface area contributed by atoms with Crippen LogP contribution in [0.3, 0.4) is 0 Å². The fraction of sp³-hybridized carbons (Fsp3) is 0.367. The predicted octanol–water partition coefficient (Wildman–Crippen LogP) is 5.95. The van der Waals surface area contributed by atoms with Crippen molar-refractivity contribution in [3.8, 4) is 0 Å². The van der Waals surface area contributed by atoms with Crippen molar-refractivity contribution in [3.63, 3.8) is 0 Å². The number of carbonyl (C=O) groups is 3. The molecule has 0 saturated heterocycles. The second-order valence-corrected chi connectivity index (χ2v) is 12.4. The van der Waals surface area contributed by atoms with Gasteiger partial charge in [0.05, 0.1) is 17.4 Å². The van der Waals surface area contributed by atoms with Gasteiger partial charge in [-0.3, -0.25) is 14.5 Å². The van der Waals surface area contributed by atoms with E-state index in [-0.39, 0.29) is 30.3 Å². The molecule has 0 spiro atoms. The van der Waals surface area contributed by atoms with Crippen LogP contribution in [0.1, 0.15) is 53.1 Å². The normalized spacial score (nSPS) is 15.7. The molecule has 0 radical (unpaired) electrons. The van der Waals surface area contributed by atoms with Crippen LogP contribution in [-0.4, -0.2) is 41.1 Å². The highest BCUT2D eigenvalue weighted by Gasteiger charge is 2.31. The molecule has 1 aromatic heterocycles. The van der Waals surface area contributed by atoms with Gasteiger partial charge in [-0.1, -0.05) is 36.4 Å². The Balaban J connectivity index is 1.28. The lowest BCUT2D eigenvalue weighted by Crippen LogP contribution is -2.30. The number of thiophene rings is 1. The van der Waals surface area contributed by atoms with Gasteiger partial charge in [0, 0.05) is 41.0 Å². The molecule has 1 aliphatic carbocycles. The van der Waals surface area contributed by atoms with Crippen LogP contribution in [0.15, 0.2) is 59.5 Å². The van der Waals surface area contributed by atoms with Gasteiger partial charge in [-0.15, -0.1) is 23.1 Å². The van der Waals surface area contributed by atoms with Crippen LogP contribution < -0.4 is 10.6 Å². The summed E-state index contributed by atoms with van der Waals surface area (Å²) in [4.78, 5) is 42.7. The van der Waals surface area contributed by atoms with Gasteiger partial charge in [0.15, 0.2) is 0 Å². The Labute approximate surface area is 237 Å². The fourth-order valence-electron chi connectivity index (χ4n) is 4.65. The van der Waals surface area contributed by atoms with Crippen molar-refractivity contribution in [2.24, 2.45) is 5.92 Å². The molecule has 0 bridgehead atoms. The van der Waals surface area contributed by atoms with Crippen molar-refractivity contribution in [2.45, 2.75) is 56.3 Å². The second kappa shape index (κ2) is 12.4. The molecule has 2 N–H and O–H groups in total. The maximum atomic E-state index is 13.3. The van der Waals surface area contributed by atoms with Gasteiger partial charge >= 0.3 is 5.97 Å². The second-order valence-electron chi connectivity index (χ2n) is 9.92. The van der Waals surface area contributed by atoms with E-state index in [1.807, 2.05) is 49.4 Å². The van der Waals surface area contributed by atoms with Crippen molar-refractivity contribution in [1.29, 1.82) is 0 Å². The molecule has 2 amide bonds. The quantitative estimate of drug-likeness (QED) is 0.234. The monoisotopic (exact) mass is 563 g/mol. The number of fused-ring (bicyclic) bond motifs is 1. The number of carbonyl (C=O) groups excluding carboxylic acids is 3. The van der Waals surface area contributed by atoms with E-state index in [1.165, 1.54) is 28.7 Å². The first kappa shape index (κ1) is 27.4. The van der Waals surface area contributed by atoms with Gasteiger partial charge in [-0.25, -0.2) is 4.79 Å². The molecule has 1 aliphatic heterocycles. The molecule has 7 nitrogen and oxygen atoms in total. The highest BCUT2D eigenvalue weighted by molar-refractivity contribution is 8.00. The number of anilines is 2. The first-order valence-electron chi connectivity index (χ1n) is 13.4. The van der Waals surface area contributed by atoms with Crippen molar-refractivity contribution in [3.05, 3.63) is 76.2 Å². The van der Waals surface area contributed by atoms with Crippen molar-refractivity contribution in [2.75, 3.05) is 23.8 Å². The van der Waals surface area contributed by atoms with Crippen LogP contribution >= 0.6 is 23.1 Å². The highest BCUT2D eigenvalue weighted by Crippen LogP contribution is 2.39. The maximum absolute atomic E-state index is 13.3. The van der Waals surface area contributed by atoms with Gasteiger partial charge in [-0.2, -0.15) is 0 Å². The molecular formula is C30H33N3O4S2. The number of hydrogen-bond donors (Lipinski definition) is 2. The van der Waals surface area contributed by atoms with E-state index >= 15 is 0 Å². The fourth-order valence-corrected chi connectivity index (χ4v) is 6.86. The molecule has 5 rings (SSSR count). The molecule has 1 fully saturated rings.